The highest BCUT2D eigenvalue weighted by Crippen LogP contribution is 2.22. The van der Waals surface area contributed by atoms with E-state index < -0.39 is 0 Å². The minimum absolute atomic E-state index is 0.0422. The summed E-state index contributed by atoms with van der Waals surface area (Å²) < 4.78 is 5.13. The van der Waals surface area contributed by atoms with Crippen LogP contribution in [-0.2, 0) is 6.54 Å². The Kier molecular flexibility index (Phi) is 5.47. The first kappa shape index (κ1) is 14.3. The van der Waals surface area contributed by atoms with Gasteiger partial charge in [-0.25, -0.2) is 0 Å². The number of nitrogens with two attached hydrogens (primary N) is 1. The summed E-state index contributed by atoms with van der Waals surface area (Å²) in [5, 5.41) is 8.84. The van der Waals surface area contributed by atoms with Crippen LogP contribution >= 0.6 is 0 Å². The third-order valence-electron chi connectivity index (χ3n) is 2.90. The number of anilines is 1. The third-order valence-corrected chi connectivity index (χ3v) is 2.90. The van der Waals surface area contributed by atoms with Crippen molar-refractivity contribution in [2.75, 3.05) is 25.9 Å². The maximum absolute atomic E-state index is 8.84. The zero-order valence-electron chi connectivity index (χ0n) is 11.3. The fraction of sp³-hybridized carbons (Fsp3) is 0.500. The van der Waals surface area contributed by atoms with Crippen LogP contribution < -0.4 is 10.5 Å². The van der Waals surface area contributed by atoms with E-state index in [0.717, 1.165) is 25.2 Å². The van der Waals surface area contributed by atoms with Gasteiger partial charge in [0.2, 0.25) is 0 Å². The first-order chi connectivity index (χ1) is 8.60. The summed E-state index contributed by atoms with van der Waals surface area (Å²) in [5.41, 5.74) is 7.67. The third kappa shape index (κ3) is 3.94. The van der Waals surface area contributed by atoms with E-state index >= 15 is 0 Å². The molecule has 0 bridgehead atoms. The number of ether oxygens (including phenoxy) is 1. The van der Waals surface area contributed by atoms with Gasteiger partial charge in [-0.3, -0.25) is 4.90 Å². The minimum atomic E-state index is 0.0422. The van der Waals surface area contributed by atoms with E-state index in [-0.39, 0.29) is 5.92 Å². The summed E-state index contributed by atoms with van der Waals surface area (Å²) in [7, 11) is 1.61. The Hall–Kier alpha value is -1.73. The first-order valence-corrected chi connectivity index (χ1v) is 6.15. The molecule has 4 heteroatoms. The SMILES string of the molecule is CCN(Cc1ccc(OC)c(N)c1)CC(C)C#N. The van der Waals surface area contributed by atoms with Crippen LogP contribution in [0.5, 0.6) is 5.75 Å². The lowest BCUT2D eigenvalue weighted by Gasteiger charge is -2.21. The fourth-order valence-electron chi connectivity index (χ4n) is 1.87. The number of hydrogen-bond donors (Lipinski definition) is 1. The highest BCUT2D eigenvalue weighted by Gasteiger charge is 2.09. The largest absolute Gasteiger partial charge is 0.495 e. The number of methoxy groups -OCH3 is 1. The van der Waals surface area contributed by atoms with Gasteiger partial charge in [-0.05, 0) is 31.2 Å². The zero-order chi connectivity index (χ0) is 13.5. The lowest BCUT2D eigenvalue weighted by atomic mass is 10.1. The predicted octanol–water partition coefficient (Wildman–Crippen LogP) is 2.26. The Morgan fingerprint density at radius 1 is 1.50 bits per heavy atom. The molecule has 0 fully saturated rings. The summed E-state index contributed by atoms with van der Waals surface area (Å²) in [5.74, 6) is 0.743. The van der Waals surface area contributed by atoms with Crippen LogP contribution in [0.3, 0.4) is 0 Å². The molecule has 0 saturated carbocycles. The lowest BCUT2D eigenvalue weighted by Crippen LogP contribution is -2.27. The molecular formula is C14H21N3O. The van der Waals surface area contributed by atoms with E-state index in [1.165, 1.54) is 0 Å². The summed E-state index contributed by atoms with van der Waals surface area (Å²) in [6, 6.07) is 8.08. The van der Waals surface area contributed by atoms with Crippen molar-refractivity contribution in [3.05, 3.63) is 23.8 Å². The number of nitrogens with zero attached hydrogens (tertiary/aromatic N) is 2. The molecule has 0 aliphatic heterocycles. The molecule has 1 aromatic carbocycles. The molecule has 1 atom stereocenters. The van der Waals surface area contributed by atoms with Crippen molar-refractivity contribution in [2.45, 2.75) is 20.4 Å². The second kappa shape index (κ2) is 6.87. The van der Waals surface area contributed by atoms with Gasteiger partial charge >= 0.3 is 0 Å². The molecule has 0 radical (unpaired) electrons. The van der Waals surface area contributed by atoms with Crippen LogP contribution in [0.4, 0.5) is 5.69 Å². The number of hydrogen-bond acceptors (Lipinski definition) is 4. The van der Waals surface area contributed by atoms with E-state index in [9.17, 15) is 0 Å². The van der Waals surface area contributed by atoms with Gasteiger partial charge in [0.05, 0.1) is 24.8 Å². The zero-order valence-corrected chi connectivity index (χ0v) is 11.3. The second-order valence-electron chi connectivity index (χ2n) is 4.43. The Balaban J connectivity index is 2.70. The molecule has 2 N–H and O–H groups in total. The van der Waals surface area contributed by atoms with Crippen LogP contribution in [0.15, 0.2) is 18.2 Å². The molecule has 0 saturated heterocycles. The number of benzene rings is 1. The van der Waals surface area contributed by atoms with Gasteiger partial charge in [0.25, 0.3) is 0 Å². The molecule has 1 aromatic rings. The smallest absolute Gasteiger partial charge is 0.141 e. The average Bonchev–Trinajstić information content (AvgIpc) is 2.38. The van der Waals surface area contributed by atoms with Gasteiger partial charge in [-0.15, -0.1) is 0 Å². The Bertz CT molecular complexity index is 426. The van der Waals surface area contributed by atoms with E-state index in [2.05, 4.69) is 17.9 Å². The Morgan fingerprint density at radius 3 is 2.72 bits per heavy atom. The van der Waals surface area contributed by atoms with Gasteiger partial charge in [-0.1, -0.05) is 13.0 Å². The number of nitriles is 1. The molecular weight excluding hydrogens is 226 g/mol. The fourth-order valence-corrected chi connectivity index (χ4v) is 1.87. The summed E-state index contributed by atoms with van der Waals surface area (Å²) in [6.07, 6.45) is 0. The number of nitrogen functional groups attached to an aromatic ring is 1. The van der Waals surface area contributed by atoms with Crippen molar-refractivity contribution in [2.24, 2.45) is 5.92 Å². The van der Waals surface area contributed by atoms with Crippen LogP contribution in [0.2, 0.25) is 0 Å². The van der Waals surface area contributed by atoms with E-state index in [1.807, 2.05) is 25.1 Å². The summed E-state index contributed by atoms with van der Waals surface area (Å²) in [6.45, 7) is 6.52. The average molecular weight is 247 g/mol. The van der Waals surface area contributed by atoms with E-state index in [4.69, 9.17) is 15.7 Å². The van der Waals surface area contributed by atoms with Gasteiger partial charge in [0, 0.05) is 13.1 Å². The molecule has 1 rings (SSSR count). The van der Waals surface area contributed by atoms with Crippen molar-refractivity contribution in [3.63, 3.8) is 0 Å². The predicted molar refractivity (Wildman–Crippen MR) is 73.1 cm³/mol. The maximum atomic E-state index is 8.84. The van der Waals surface area contributed by atoms with Crippen LogP contribution in [0, 0.1) is 17.2 Å². The summed E-state index contributed by atoms with van der Waals surface area (Å²) >= 11 is 0. The molecule has 0 aliphatic carbocycles. The minimum Gasteiger partial charge on any atom is -0.495 e. The summed E-state index contributed by atoms with van der Waals surface area (Å²) in [4.78, 5) is 2.23. The molecule has 1 unspecified atom stereocenters. The molecule has 0 spiro atoms. The molecule has 4 nitrogen and oxygen atoms in total. The van der Waals surface area contributed by atoms with Gasteiger partial charge < -0.3 is 10.5 Å². The van der Waals surface area contributed by atoms with Crippen LogP contribution in [0.1, 0.15) is 19.4 Å². The highest BCUT2D eigenvalue weighted by molar-refractivity contribution is 5.54. The lowest BCUT2D eigenvalue weighted by molar-refractivity contribution is 0.260. The second-order valence-corrected chi connectivity index (χ2v) is 4.43. The van der Waals surface area contributed by atoms with Gasteiger partial charge in [0.1, 0.15) is 5.75 Å². The maximum Gasteiger partial charge on any atom is 0.141 e. The molecule has 0 aliphatic rings. The van der Waals surface area contributed by atoms with Crippen molar-refractivity contribution >= 4 is 5.69 Å². The number of rotatable bonds is 6. The van der Waals surface area contributed by atoms with E-state index in [1.54, 1.807) is 7.11 Å². The first-order valence-electron chi connectivity index (χ1n) is 6.15. The van der Waals surface area contributed by atoms with Crippen molar-refractivity contribution in [1.82, 2.24) is 4.90 Å². The quantitative estimate of drug-likeness (QED) is 0.783. The normalized spacial score (nSPS) is 12.2. The van der Waals surface area contributed by atoms with Crippen LogP contribution in [0.25, 0.3) is 0 Å². The topological polar surface area (TPSA) is 62.3 Å². The van der Waals surface area contributed by atoms with E-state index in [0.29, 0.717) is 11.4 Å². The Morgan fingerprint density at radius 2 is 2.22 bits per heavy atom. The van der Waals surface area contributed by atoms with Gasteiger partial charge in [-0.2, -0.15) is 5.26 Å². The standard InChI is InChI=1S/C14H21N3O/c1-4-17(9-11(2)8-15)10-12-5-6-14(18-3)13(16)7-12/h5-7,11H,4,9-10,16H2,1-3H3. The van der Waals surface area contributed by atoms with Crippen molar-refractivity contribution in [1.29, 1.82) is 5.26 Å². The molecule has 0 heterocycles. The highest BCUT2D eigenvalue weighted by atomic mass is 16.5. The van der Waals surface area contributed by atoms with Crippen LogP contribution in [-0.4, -0.2) is 25.1 Å². The molecule has 98 valence electrons. The molecule has 0 amide bonds. The van der Waals surface area contributed by atoms with Crippen molar-refractivity contribution in [3.8, 4) is 11.8 Å². The Labute approximate surface area is 109 Å². The van der Waals surface area contributed by atoms with Crippen molar-refractivity contribution < 1.29 is 4.74 Å². The monoisotopic (exact) mass is 247 g/mol. The molecule has 0 aromatic heterocycles. The molecule has 18 heavy (non-hydrogen) atoms. The van der Waals surface area contributed by atoms with Gasteiger partial charge in [0.15, 0.2) is 0 Å².